The molecule has 2 aromatic rings. The molecule has 0 bridgehead atoms. The Bertz CT molecular complexity index is 1060. The van der Waals surface area contributed by atoms with Gasteiger partial charge in [-0.3, -0.25) is 13.9 Å². The molecule has 0 heterocycles. The molecule has 0 radical (unpaired) electrons. The van der Waals surface area contributed by atoms with Crippen molar-refractivity contribution < 1.29 is 18.0 Å². The zero-order chi connectivity index (χ0) is 25.5. The maximum atomic E-state index is 13.6. The lowest BCUT2D eigenvalue weighted by Gasteiger charge is -2.33. The van der Waals surface area contributed by atoms with Gasteiger partial charge in [0.25, 0.3) is 0 Å². The standard InChI is InChI=1S/C26H37N3O4S/c1-7-21-13-15-23(16-14-21)29(34(6,32)33)18-25(30)28(17-22-11-9-20(5)10-12-22)24(8-2)26(31)27-19(3)4/h9-16,19,24H,7-8,17-18H2,1-6H3,(H,27,31). The van der Waals surface area contributed by atoms with Gasteiger partial charge in [0, 0.05) is 12.6 Å². The van der Waals surface area contributed by atoms with Crippen LogP contribution in [0.1, 0.15) is 50.8 Å². The van der Waals surface area contributed by atoms with Gasteiger partial charge in [0.1, 0.15) is 12.6 Å². The highest BCUT2D eigenvalue weighted by Crippen LogP contribution is 2.21. The van der Waals surface area contributed by atoms with Crippen molar-refractivity contribution in [1.29, 1.82) is 0 Å². The molecule has 0 aliphatic heterocycles. The van der Waals surface area contributed by atoms with Gasteiger partial charge in [-0.1, -0.05) is 55.8 Å². The Morgan fingerprint density at radius 2 is 1.50 bits per heavy atom. The van der Waals surface area contributed by atoms with Crippen molar-refractivity contribution in [2.45, 2.75) is 66.1 Å². The van der Waals surface area contributed by atoms with E-state index in [0.29, 0.717) is 12.1 Å². The Morgan fingerprint density at radius 1 is 0.941 bits per heavy atom. The van der Waals surface area contributed by atoms with Crippen molar-refractivity contribution in [3.63, 3.8) is 0 Å². The van der Waals surface area contributed by atoms with Crippen molar-refractivity contribution in [3.8, 4) is 0 Å². The van der Waals surface area contributed by atoms with Crippen LogP contribution in [0.5, 0.6) is 0 Å². The molecule has 0 fully saturated rings. The first kappa shape index (κ1) is 27.4. The molecule has 34 heavy (non-hydrogen) atoms. The fraction of sp³-hybridized carbons (Fsp3) is 0.462. The van der Waals surface area contributed by atoms with E-state index in [1.54, 1.807) is 12.1 Å². The van der Waals surface area contributed by atoms with Crippen LogP contribution in [-0.4, -0.2) is 50.0 Å². The van der Waals surface area contributed by atoms with Crippen molar-refractivity contribution in [1.82, 2.24) is 10.2 Å². The summed E-state index contributed by atoms with van der Waals surface area (Å²) in [6.07, 6.45) is 2.31. The second kappa shape index (κ2) is 12.0. The summed E-state index contributed by atoms with van der Waals surface area (Å²) in [6, 6.07) is 14.1. The van der Waals surface area contributed by atoms with Gasteiger partial charge < -0.3 is 10.2 Å². The summed E-state index contributed by atoms with van der Waals surface area (Å²) < 4.78 is 26.4. The Balaban J connectivity index is 2.42. The molecule has 8 heteroatoms. The Kier molecular flexibility index (Phi) is 9.67. The van der Waals surface area contributed by atoms with Crippen molar-refractivity contribution in [2.75, 3.05) is 17.1 Å². The number of hydrogen-bond donors (Lipinski definition) is 1. The van der Waals surface area contributed by atoms with Gasteiger partial charge in [0.2, 0.25) is 21.8 Å². The van der Waals surface area contributed by atoms with Crippen LogP contribution in [0.4, 0.5) is 5.69 Å². The van der Waals surface area contributed by atoms with E-state index in [0.717, 1.165) is 33.7 Å². The Hall–Kier alpha value is -2.87. The van der Waals surface area contributed by atoms with E-state index < -0.39 is 22.0 Å². The van der Waals surface area contributed by atoms with E-state index in [1.807, 2.05) is 71.0 Å². The lowest BCUT2D eigenvalue weighted by molar-refractivity contribution is -0.140. The van der Waals surface area contributed by atoms with E-state index >= 15 is 0 Å². The van der Waals surface area contributed by atoms with Gasteiger partial charge in [0.15, 0.2) is 0 Å². The highest BCUT2D eigenvalue weighted by molar-refractivity contribution is 7.92. The molecule has 0 aliphatic carbocycles. The molecule has 2 rings (SSSR count). The molecule has 1 atom stereocenters. The number of rotatable bonds is 11. The third-order valence-corrected chi connectivity index (χ3v) is 6.74. The quantitative estimate of drug-likeness (QED) is 0.524. The van der Waals surface area contributed by atoms with Crippen LogP contribution in [0.25, 0.3) is 0 Å². The smallest absolute Gasteiger partial charge is 0.244 e. The fourth-order valence-electron chi connectivity index (χ4n) is 3.70. The summed E-state index contributed by atoms with van der Waals surface area (Å²) in [6.45, 7) is 9.38. The fourth-order valence-corrected chi connectivity index (χ4v) is 4.55. The van der Waals surface area contributed by atoms with Gasteiger partial charge in [0.05, 0.1) is 11.9 Å². The normalized spacial score (nSPS) is 12.3. The molecule has 1 unspecified atom stereocenters. The zero-order valence-electron chi connectivity index (χ0n) is 21.0. The third-order valence-electron chi connectivity index (χ3n) is 5.60. The monoisotopic (exact) mass is 487 g/mol. The number of carbonyl (C=O) groups excluding carboxylic acids is 2. The topological polar surface area (TPSA) is 86.8 Å². The highest BCUT2D eigenvalue weighted by atomic mass is 32.2. The van der Waals surface area contributed by atoms with Gasteiger partial charge in [-0.2, -0.15) is 0 Å². The number of nitrogens with zero attached hydrogens (tertiary/aromatic N) is 2. The highest BCUT2D eigenvalue weighted by Gasteiger charge is 2.31. The average Bonchev–Trinajstić information content (AvgIpc) is 2.77. The molecule has 0 saturated carbocycles. The van der Waals surface area contributed by atoms with Crippen LogP contribution in [0.2, 0.25) is 0 Å². The van der Waals surface area contributed by atoms with Gasteiger partial charge in [-0.25, -0.2) is 8.42 Å². The molecule has 7 nitrogen and oxygen atoms in total. The molecular formula is C26H37N3O4S. The number of nitrogens with one attached hydrogen (secondary N) is 1. The van der Waals surface area contributed by atoms with Crippen LogP contribution < -0.4 is 9.62 Å². The molecule has 1 N–H and O–H groups in total. The minimum atomic E-state index is -3.73. The maximum Gasteiger partial charge on any atom is 0.244 e. The molecule has 2 aromatic carbocycles. The van der Waals surface area contributed by atoms with E-state index in [2.05, 4.69) is 5.32 Å². The van der Waals surface area contributed by atoms with E-state index in [-0.39, 0.29) is 25.0 Å². The number of carbonyl (C=O) groups is 2. The number of anilines is 1. The SMILES string of the molecule is CCc1ccc(N(CC(=O)N(Cc2ccc(C)cc2)C(CC)C(=O)NC(C)C)S(C)(=O)=O)cc1. The van der Waals surface area contributed by atoms with Crippen molar-refractivity contribution in [3.05, 3.63) is 65.2 Å². The van der Waals surface area contributed by atoms with Crippen LogP contribution in [0.3, 0.4) is 0 Å². The summed E-state index contributed by atoms with van der Waals surface area (Å²) in [5, 5.41) is 2.89. The summed E-state index contributed by atoms with van der Waals surface area (Å²) >= 11 is 0. The van der Waals surface area contributed by atoms with Gasteiger partial charge >= 0.3 is 0 Å². The zero-order valence-corrected chi connectivity index (χ0v) is 21.9. The van der Waals surface area contributed by atoms with Crippen LogP contribution in [0, 0.1) is 6.92 Å². The summed E-state index contributed by atoms with van der Waals surface area (Å²) in [5.41, 5.74) is 3.45. The molecule has 0 aromatic heterocycles. The first-order valence-electron chi connectivity index (χ1n) is 11.7. The number of aryl methyl sites for hydroxylation is 2. The van der Waals surface area contributed by atoms with E-state index in [4.69, 9.17) is 0 Å². The number of sulfonamides is 1. The molecular weight excluding hydrogens is 450 g/mol. The number of benzene rings is 2. The maximum absolute atomic E-state index is 13.6. The van der Waals surface area contributed by atoms with E-state index in [9.17, 15) is 18.0 Å². The summed E-state index contributed by atoms with van der Waals surface area (Å²) in [7, 11) is -3.73. The summed E-state index contributed by atoms with van der Waals surface area (Å²) in [5.74, 6) is -0.688. The third kappa shape index (κ3) is 7.58. The second-order valence-corrected chi connectivity index (χ2v) is 10.8. The minimum absolute atomic E-state index is 0.0810. The van der Waals surface area contributed by atoms with E-state index in [1.165, 1.54) is 4.90 Å². The van der Waals surface area contributed by atoms with Crippen LogP contribution >= 0.6 is 0 Å². The average molecular weight is 488 g/mol. The molecule has 186 valence electrons. The lowest BCUT2D eigenvalue weighted by Crippen LogP contribution is -2.53. The predicted molar refractivity (Wildman–Crippen MR) is 137 cm³/mol. The predicted octanol–water partition coefficient (Wildman–Crippen LogP) is 3.66. The minimum Gasteiger partial charge on any atom is -0.352 e. The Morgan fingerprint density at radius 3 is 1.97 bits per heavy atom. The lowest BCUT2D eigenvalue weighted by atomic mass is 10.1. The largest absolute Gasteiger partial charge is 0.352 e. The first-order valence-corrected chi connectivity index (χ1v) is 13.5. The summed E-state index contributed by atoms with van der Waals surface area (Å²) in [4.78, 5) is 28.0. The van der Waals surface area contributed by atoms with Crippen molar-refractivity contribution >= 4 is 27.5 Å². The van der Waals surface area contributed by atoms with Gasteiger partial charge in [-0.15, -0.1) is 0 Å². The first-order chi connectivity index (χ1) is 16.0. The molecule has 0 spiro atoms. The molecule has 0 aliphatic rings. The number of hydrogen-bond acceptors (Lipinski definition) is 4. The van der Waals surface area contributed by atoms with Crippen molar-refractivity contribution in [2.24, 2.45) is 0 Å². The molecule has 0 saturated heterocycles. The second-order valence-electron chi connectivity index (χ2n) is 8.88. The van der Waals surface area contributed by atoms with Gasteiger partial charge in [-0.05, 0) is 56.9 Å². The molecule has 2 amide bonds. The van der Waals surface area contributed by atoms with Crippen LogP contribution in [0.15, 0.2) is 48.5 Å². The van der Waals surface area contributed by atoms with Crippen LogP contribution in [-0.2, 0) is 32.6 Å². The Labute approximate surface area is 204 Å². The number of amides is 2.